The molecule has 0 aliphatic carbocycles. The van der Waals surface area contributed by atoms with Crippen molar-refractivity contribution < 1.29 is 18.3 Å². The van der Waals surface area contributed by atoms with E-state index in [0.717, 1.165) is 11.3 Å². The number of carboxylic acids is 1. The van der Waals surface area contributed by atoms with Gasteiger partial charge in [0.05, 0.1) is 6.54 Å². The summed E-state index contributed by atoms with van der Waals surface area (Å²) in [6, 6.07) is 1.26. The molecule has 10 heteroatoms. The van der Waals surface area contributed by atoms with E-state index in [1.54, 1.807) is 4.57 Å². The number of thiophene rings is 1. The Balaban J connectivity index is 2.20. The van der Waals surface area contributed by atoms with Crippen molar-refractivity contribution in [3.63, 3.8) is 0 Å². The third-order valence-electron chi connectivity index (χ3n) is 2.57. The van der Waals surface area contributed by atoms with E-state index in [0.29, 0.717) is 12.4 Å². The normalized spacial score (nSPS) is 11.7. The molecule has 20 heavy (non-hydrogen) atoms. The standard InChI is InChI=1S/C10H12N4O4S2/c1-2-14-6-11-13-8(14)5-12-20(17,18)7-3-4-19-9(7)10(15)16/h3-4,6,12H,2,5H2,1H3,(H,15,16). The Morgan fingerprint density at radius 1 is 1.55 bits per heavy atom. The van der Waals surface area contributed by atoms with Crippen LogP contribution in [0.5, 0.6) is 0 Å². The molecule has 0 saturated carbocycles. The van der Waals surface area contributed by atoms with Gasteiger partial charge >= 0.3 is 5.97 Å². The lowest BCUT2D eigenvalue weighted by Crippen LogP contribution is -2.25. The van der Waals surface area contributed by atoms with Gasteiger partial charge in [0, 0.05) is 6.54 Å². The maximum atomic E-state index is 12.1. The molecule has 0 aromatic carbocycles. The van der Waals surface area contributed by atoms with Gasteiger partial charge in [0.25, 0.3) is 0 Å². The van der Waals surface area contributed by atoms with Crippen molar-refractivity contribution in [1.29, 1.82) is 0 Å². The number of aromatic nitrogens is 3. The molecule has 2 aromatic rings. The fourth-order valence-corrected chi connectivity index (χ4v) is 3.82. The predicted octanol–water partition coefficient (Wildman–Crippen LogP) is 0.536. The molecule has 0 amide bonds. The van der Waals surface area contributed by atoms with E-state index in [9.17, 15) is 13.2 Å². The SMILES string of the molecule is CCn1cnnc1CNS(=O)(=O)c1ccsc1C(=O)O. The van der Waals surface area contributed by atoms with E-state index in [2.05, 4.69) is 14.9 Å². The van der Waals surface area contributed by atoms with E-state index in [-0.39, 0.29) is 16.3 Å². The van der Waals surface area contributed by atoms with Gasteiger partial charge in [0.2, 0.25) is 10.0 Å². The minimum absolute atomic E-state index is 0.0505. The zero-order valence-corrected chi connectivity index (χ0v) is 12.1. The summed E-state index contributed by atoms with van der Waals surface area (Å²) in [5.74, 6) is -0.805. The van der Waals surface area contributed by atoms with Gasteiger partial charge in [-0.05, 0) is 18.4 Å². The molecular weight excluding hydrogens is 304 g/mol. The van der Waals surface area contributed by atoms with E-state index >= 15 is 0 Å². The van der Waals surface area contributed by atoms with Crippen molar-refractivity contribution in [3.8, 4) is 0 Å². The van der Waals surface area contributed by atoms with E-state index in [1.807, 2.05) is 6.92 Å². The van der Waals surface area contributed by atoms with Gasteiger partial charge < -0.3 is 9.67 Å². The Labute approximate surface area is 119 Å². The lowest BCUT2D eigenvalue weighted by atomic mass is 10.5. The number of carboxylic acid groups (broad SMARTS) is 1. The molecule has 8 nitrogen and oxygen atoms in total. The quantitative estimate of drug-likeness (QED) is 0.803. The van der Waals surface area contributed by atoms with Gasteiger partial charge in [-0.1, -0.05) is 0 Å². The number of aromatic carboxylic acids is 1. The van der Waals surface area contributed by atoms with Crippen LogP contribution in [0.15, 0.2) is 22.7 Å². The average Bonchev–Trinajstić information content (AvgIpc) is 3.05. The van der Waals surface area contributed by atoms with E-state index in [4.69, 9.17) is 5.11 Å². The summed E-state index contributed by atoms with van der Waals surface area (Å²) in [5, 5.41) is 17.9. The Morgan fingerprint density at radius 3 is 2.95 bits per heavy atom. The molecule has 2 N–H and O–H groups in total. The van der Waals surface area contributed by atoms with Crippen molar-refractivity contribution in [1.82, 2.24) is 19.5 Å². The minimum Gasteiger partial charge on any atom is -0.477 e. The summed E-state index contributed by atoms with van der Waals surface area (Å²) in [5.41, 5.74) is 0. The van der Waals surface area contributed by atoms with Gasteiger partial charge in [-0.25, -0.2) is 17.9 Å². The van der Waals surface area contributed by atoms with Crippen LogP contribution in [0.1, 0.15) is 22.4 Å². The largest absolute Gasteiger partial charge is 0.477 e. The third kappa shape index (κ3) is 2.86. The molecular formula is C10H12N4O4S2. The number of aryl methyl sites for hydroxylation is 1. The molecule has 0 saturated heterocycles. The van der Waals surface area contributed by atoms with Gasteiger partial charge in [0.1, 0.15) is 21.9 Å². The average molecular weight is 316 g/mol. The fourth-order valence-electron chi connectivity index (χ4n) is 1.58. The van der Waals surface area contributed by atoms with Crippen LogP contribution < -0.4 is 4.72 Å². The lowest BCUT2D eigenvalue weighted by Gasteiger charge is -2.06. The van der Waals surface area contributed by atoms with Crippen LogP contribution in [0.3, 0.4) is 0 Å². The zero-order valence-electron chi connectivity index (χ0n) is 10.5. The molecule has 0 atom stereocenters. The van der Waals surface area contributed by atoms with E-state index < -0.39 is 16.0 Å². The topological polar surface area (TPSA) is 114 Å². The first kappa shape index (κ1) is 14.6. The number of nitrogens with one attached hydrogen (secondary N) is 1. The molecule has 2 rings (SSSR count). The second-order valence-corrected chi connectivity index (χ2v) is 6.43. The molecule has 0 spiro atoms. The molecule has 0 radical (unpaired) electrons. The monoisotopic (exact) mass is 316 g/mol. The zero-order chi connectivity index (χ0) is 14.8. The molecule has 0 aliphatic rings. The van der Waals surface area contributed by atoms with Crippen molar-refractivity contribution in [2.45, 2.75) is 24.9 Å². The number of rotatable bonds is 6. The van der Waals surface area contributed by atoms with Gasteiger partial charge in [-0.15, -0.1) is 21.5 Å². The number of hydrogen-bond donors (Lipinski definition) is 2. The maximum Gasteiger partial charge on any atom is 0.347 e. The highest BCUT2D eigenvalue weighted by Gasteiger charge is 2.24. The highest BCUT2D eigenvalue weighted by atomic mass is 32.2. The molecule has 0 aliphatic heterocycles. The van der Waals surface area contributed by atoms with Crippen LogP contribution in [-0.2, 0) is 23.1 Å². The maximum absolute atomic E-state index is 12.1. The van der Waals surface area contributed by atoms with Crippen LogP contribution >= 0.6 is 11.3 Å². The summed E-state index contributed by atoms with van der Waals surface area (Å²) in [4.78, 5) is 10.5. The van der Waals surface area contributed by atoms with E-state index in [1.165, 1.54) is 17.8 Å². The Hall–Kier alpha value is -1.78. The van der Waals surface area contributed by atoms with Crippen molar-refractivity contribution >= 4 is 27.3 Å². The van der Waals surface area contributed by atoms with Crippen LogP contribution in [0.2, 0.25) is 0 Å². The molecule has 2 heterocycles. The van der Waals surface area contributed by atoms with Crippen molar-refractivity contribution in [3.05, 3.63) is 28.5 Å². The highest BCUT2D eigenvalue weighted by molar-refractivity contribution is 7.89. The molecule has 0 fully saturated rings. The Morgan fingerprint density at radius 2 is 2.30 bits per heavy atom. The summed E-state index contributed by atoms with van der Waals surface area (Å²) in [7, 11) is -3.90. The predicted molar refractivity (Wildman–Crippen MR) is 71.0 cm³/mol. The minimum atomic E-state index is -3.90. The van der Waals surface area contributed by atoms with Crippen molar-refractivity contribution in [2.24, 2.45) is 0 Å². The van der Waals surface area contributed by atoms with Crippen LogP contribution in [0.4, 0.5) is 0 Å². The summed E-state index contributed by atoms with van der Waals surface area (Å²) in [6.45, 7) is 2.44. The summed E-state index contributed by atoms with van der Waals surface area (Å²) < 4.78 is 28.2. The number of carbonyl (C=O) groups is 1. The molecule has 0 unspecified atom stereocenters. The van der Waals surface area contributed by atoms with Crippen LogP contribution in [0, 0.1) is 0 Å². The third-order valence-corrected chi connectivity index (χ3v) is 5.04. The van der Waals surface area contributed by atoms with Crippen molar-refractivity contribution in [2.75, 3.05) is 0 Å². The van der Waals surface area contributed by atoms with Crippen LogP contribution in [0.25, 0.3) is 0 Å². The molecule has 0 bridgehead atoms. The summed E-state index contributed by atoms with van der Waals surface area (Å²) in [6.07, 6.45) is 1.50. The number of sulfonamides is 1. The second kappa shape index (κ2) is 5.69. The van der Waals surface area contributed by atoms with Crippen LogP contribution in [-0.4, -0.2) is 34.3 Å². The first-order valence-corrected chi connectivity index (χ1v) is 7.99. The molecule has 108 valence electrons. The number of hydrogen-bond acceptors (Lipinski definition) is 6. The fraction of sp³-hybridized carbons (Fsp3) is 0.300. The smallest absolute Gasteiger partial charge is 0.347 e. The first-order chi connectivity index (χ1) is 9.45. The summed E-state index contributed by atoms with van der Waals surface area (Å²) >= 11 is 0.864. The first-order valence-electron chi connectivity index (χ1n) is 5.63. The highest BCUT2D eigenvalue weighted by Crippen LogP contribution is 2.21. The Bertz CT molecular complexity index is 719. The van der Waals surface area contributed by atoms with Gasteiger partial charge in [-0.3, -0.25) is 0 Å². The molecule has 2 aromatic heterocycles. The van der Waals surface area contributed by atoms with Gasteiger partial charge in [0.15, 0.2) is 0 Å². The lowest BCUT2D eigenvalue weighted by molar-refractivity contribution is 0.0698. The second-order valence-electron chi connectivity index (χ2n) is 3.78. The van der Waals surface area contributed by atoms with Gasteiger partial charge in [-0.2, -0.15) is 0 Å². The number of nitrogens with zero attached hydrogens (tertiary/aromatic N) is 3. The Kier molecular flexibility index (Phi) is 4.16.